The highest BCUT2D eigenvalue weighted by molar-refractivity contribution is 5.79. The van der Waals surface area contributed by atoms with E-state index in [0.717, 1.165) is 19.3 Å². The monoisotopic (exact) mass is 214 g/mol. The van der Waals surface area contributed by atoms with Gasteiger partial charge in [-0.2, -0.15) is 0 Å². The number of carbonyl (C=O) groups excluding carboxylic acids is 1. The summed E-state index contributed by atoms with van der Waals surface area (Å²) in [5.74, 6) is 0.0720. The predicted molar refractivity (Wildman–Crippen MR) is 59.4 cm³/mol. The molecule has 2 unspecified atom stereocenters. The Hall–Kier alpha value is -0.610. The topological polar surface area (TPSA) is 64.3 Å². The Bertz CT molecular complexity index is 229. The average Bonchev–Trinajstić information content (AvgIpc) is 2.61. The Morgan fingerprint density at radius 2 is 2.20 bits per heavy atom. The van der Waals surface area contributed by atoms with E-state index in [2.05, 4.69) is 5.32 Å². The first-order valence-electron chi connectivity index (χ1n) is 5.55. The van der Waals surface area contributed by atoms with Crippen molar-refractivity contribution in [2.75, 3.05) is 13.7 Å². The average molecular weight is 214 g/mol. The van der Waals surface area contributed by atoms with Gasteiger partial charge in [0.05, 0.1) is 11.5 Å². The third kappa shape index (κ3) is 3.47. The van der Waals surface area contributed by atoms with Crippen LogP contribution in [-0.4, -0.2) is 31.2 Å². The quantitative estimate of drug-likeness (QED) is 0.722. The molecule has 0 spiro atoms. The van der Waals surface area contributed by atoms with Gasteiger partial charge in [0, 0.05) is 19.7 Å². The maximum atomic E-state index is 11.8. The molecule has 1 fully saturated rings. The lowest BCUT2D eigenvalue weighted by Gasteiger charge is -2.24. The number of hydrogen-bond acceptors (Lipinski definition) is 3. The van der Waals surface area contributed by atoms with Crippen LogP contribution in [0.5, 0.6) is 0 Å². The maximum Gasteiger partial charge on any atom is 0.224 e. The predicted octanol–water partition coefficient (Wildman–Crippen LogP) is 0.655. The minimum absolute atomic E-state index is 0.00217. The summed E-state index contributed by atoms with van der Waals surface area (Å²) in [5.41, 5.74) is 5.55. The number of rotatable bonds is 4. The van der Waals surface area contributed by atoms with Gasteiger partial charge in [-0.15, -0.1) is 0 Å². The molecule has 4 nitrogen and oxygen atoms in total. The van der Waals surface area contributed by atoms with Crippen molar-refractivity contribution < 1.29 is 9.53 Å². The van der Waals surface area contributed by atoms with Gasteiger partial charge >= 0.3 is 0 Å². The third-order valence-electron chi connectivity index (χ3n) is 3.15. The molecular formula is C11H22N2O2. The Balaban J connectivity index is 2.36. The van der Waals surface area contributed by atoms with E-state index in [1.54, 1.807) is 7.11 Å². The molecule has 1 aliphatic rings. The maximum absolute atomic E-state index is 11.8. The van der Waals surface area contributed by atoms with Crippen LogP contribution < -0.4 is 11.1 Å². The molecule has 88 valence electrons. The Labute approximate surface area is 91.5 Å². The molecular weight excluding hydrogens is 192 g/mol. The second-order valence-electron chi connectivity index (χ2n) is 4.88. The van der Waals surface area contributed by atoms with Crippen LogP contribution in [0.4, 0.5) is 0 Å². The highest BCUT2D eigenvalue weighted by Crippen LogP contribution is 2.24. The largest absolute Gasteiger partial charge is 0.377 e. The van der Waals surface area contributed by atoms with Gasteiger partial charge < -0.3 is 15.8 Å². The summed E-state index contributed by atoms with van der Waals surface area (Å²) < 4.78 is 5.23. The number of nitrogens with one attached hydrogen (secondary N) is 1. The fourth-order valence-electron chi connectivity index (χ4n) is 1.82. The zero-order valence-corrected chi connectivity index (χ0v) is 9.88. The SMILES string of the molecule is COC(C)(C)CNC(=O)C1CCCC1N. The third-order valence-corrected chi connectivity index (χ3v) is 3.15. The van der Waals surface area contributed by atoms with Gasteiger partial charge in [0.25, 0.3) is 0 Å². The summed E-state index contributed by atoms with van der Waals surface area (Å²) in [6.45, 7) is 4.43. The molecule has 0 aromatic heterocycles. The molecule has 3 N–H and O–H groups in total. The molecule has 1 aliphatic carbocycles. The van der Waals surface area contributed by atoms with Crippen LogP contribution in [0.3, 0.4) is 0 Å². The molecule has 1 saturated carbocycles. The number of methoxy groups -OCH3 is 1. The van der Waals surface area contributed by atoms with Crippen LogP contribution in [0.2, 0.25) is 0 Å². The Morgan fingerprint density at radius 3 is 2.67 bits per heavy atom. The Kier molecular flexibility index (Phi) is 4.11. The standard InChI is InChI=1S/C11H22N2O2/c1-11(2,15-3)7-13-10(14)8-5-4-6-9(8)12/h8-9H,4-7,12H2,1-3H3,(H,13,14). The van der Waals surface area contributed by atoms with Crippen molar-refractivity contribution in [3.63, 3.8) is 0 Å². The number of nitrogens with two attached hydrogens (primary N) is 1. The lowest BCUT2D eigenvalue weighted by molar-refractivity contribution is -0.126. The lowest BCUT2D eigenvalue weighted by atomic mass is 10.0. The molecule has 15 heavy (non-hydrogen) atoms. The smallest absolute Gasteiger partial charge is 0.224 e. The molecule has 1 rings (SSSR count). The van der Waals surface area contributed by atoms with Gasteiger partial charge in [0.15, 0.2) is 0 Å². The minimum atomic E-state index is -0.307. The highest BCUT2D eigenvalue weighted by Gasteiger charge is 2.30. The summed E-state index contributed by atoms with van der Waals surface area (Å²) in [6.07, 6.45) is 2.94. The van der Waals surface area contributed by atoms with E-state index < -0.39 is 0 Å². The van der Waals surface area contributed by atoms with Crippen molar-refractivity contribution in [1.82, 2.24) is 5.32 Å². The molecule has 4 heteroatoms. The number of amides is 1. The van der Waals surface area contributed by atoms with E-state index in [1.165, 1.54) is 0 Å². The van der Waals surface area contributed by atoms with Crippen molar-refractivity contribution in [2.24, 2.45) is 11.7 Å². The van der Waals surface area contributed by atoms with Crippen molar-refractivity contribution in [1.29, 1.82) is 0 Å². The molecule has 2 atom stereocenters. The first-order valence-corrected chi connectivity index (χ1v) is 5.55. The fraction of sp³-hybridized carbons (Fsp3) is 0.909. The van der Waals surface area contributed by atoms with Crippen LogP contribution in [0.25, 0.3) is 0 Å². The van der Waals surface area contributed by atoms with Gasteiger partial charge in [-0.1, -0.05) is 6.42 Å². The normalized spacial score (nSPS) is 26.7. The van der Waals surface area contributed by atoms with E-state index in [4.69, 9.17) is 10.5 Å². The van der Waals surface area contributed by atoms with Crippen molar-refractivity contribution >= 4 is 5.91 Å². The summed E-state index contributed by atoms with van der Waals surface area (Å²) >= 11 is 0. The summed E-state index contributed by atoms with van der Waals surface area (Å²) in [4.78, 5) is 11.8. The van der Waals surface area contributed by atoms with E-state index in [-0.39, 0.29) is 23.5 Å². The summed E-state index contributed by atoms with van der Waals surface area (Å²) in [7, 11) is 1.65. The minimum Gasteiger partial charge on any atom is -0.377 e. The number of ether oxygens (including phenoxy) is 1. The molecule has 0 aromatic carbocycles. The van der Waals surface area contributed by atoms with Gasteiger partial charge in [-0.3, -0.25) is 4.79 Å². The van der Waals surface area contributed by atoms with E-state index >= 15 is 0 Å². The lowest BCUT2D eigenvalue weighted by Crippen LogP contribution is -2.45. The van der Waals surface area contributed by atoms with Crippen molar-refractivity contribution in [3.8, 4) is 0 Å². The first-order chi connectivity index (χ1) is 6.96. The second kappa shape index (κ2) is 4.94. The molecule has 1 amide bonds. The Morgan fingerprint density at radius 1 is 1.53 bits per heavy atom. The van der Waals surface area contributed by atoms with E-state index in [0.29, 0.717) is 6.54 Å². The summed E-state index contributed by atoms with van der Waals surface area (Å²) in [5, 5.41) is 2.90. The van der Waals surface area contributed by atoms with Crippen LogP contribution in [0, 0.1) is 5.92 Å². The van der Waals surface area contributed by atoms with Crippen LogP contribution >= 0.6 is 0 Å². The number of hydrogen-bond donors (Lipinski definition) is 2. The zero-order valence-electron chi connectivity index (χ0n) is 9.88. The van der Waals surface area contributed by atoms with Gasteiger partial charge in [0.2, 0.25) is 5.91 Å². The van der Waals surface area contributed by atoms with Crippen molar-refractivity contribution in [3.05, 3.63) is 0 Å². The van der Waals surface area contributed by atoms with Gasteiger partial charge in [-0.05, 0) is 26.7 Å². The van der Waals surface area contributed by atoms with Crippen LogP contribution in [-0.2, 0) is 9.53 Å². The highest BCUT2D eigenvalue weighted by atomic mass is 16.5. The van der Waals surface area contributed by atoms with E-state index in [9.17, 15) is 4.79 Å². The number of carbonyl (C=O) groups is 1. The second-order valence-corrected chi connectivity index (χ2v) is 4.88. The fourth-order valence-corrected chi connectivity index (χ4v) is 1.82. The van der Waals surface area contributed by atoms with Crippen LogP contribution in [0.15, 0.2) is 0 Å². The van der Waals surface area contributed by atoms with E-state index in [1.807, 2.05) is 13.8 Å². The van der Waals surface area contributed by atoms with Gasteiger partial charge in [0.1, 0.15) is 0 Å². The zero-order chi connectivity index (χ0) is 11.5. The summed E-state index contributed by atoms with van der Waals surface area (Å²) in [6, 6.07) is 0.0376. The van der Waals surface area contributed by atoms with Crippen LogP contribution in [0.1, 0.15) is 33.1 Å². The molecule has 0 radical (unpaired) electrons. The van der Waals surface area contributed by atoms with Crippen molar-refractivity contribution in [2.45, 2.75) is 44.8 Å². The molecule has 0 aromatic rings. The molecule has 0 heterocycles. The molecule has 0 bridgehead atoms. The van der Waals surface area contributed by atoms with Gasteiger partial charge in [-0.25, -0.2) is 0 Å². The molecule has 0 saturated heterocycles. The first kappa shape index (κ1) is 12.5. The molecule has 0 aliphatic heterocycles.